The summed E-state index contributed by atoms with van der Waals surface area (Å²) in [5.74, 6) is 1.04. The van der Waals surface area contributed by atoms with E-state index in [1.807, 2.05) is 30.3 Å². The smallest absolute Gasteiger partial charge is 0.272 e. The first-order chi connectivity index (χ1) is 17.3. The normalized spacial score (nSPS) is 14.9. The molecular formula is C26H24Cl2N4O3S. The number of hydrogen-bond donors (Lipinski definition) is 2. The van der Waals surface area contributed by atoms with Gasteiger partial charge in [-0.3, -0.25) is 4.79 Å². The fraction of sp³-hybridized carbons (Fsp3) is 0.192. The van der Waals surface area contributed by atoms with Crippen LogP contribution in [-0.4, -0.2) is 44.2 Å². The fourth-order valence-corrected chi connectivity index (χ4v) is 4.42. The Labute approximate surface area is 225 Å². The molecule has 1 amide bonds. The number of nitrogens with one attached hydrogen (secondary N) is 2. The summed E-state index contributed by atoms with van der Waals surface area (Å²) in [6, 6.07) is 18.2. The van der Waals surface area contributed by atoms with E-state index in [9.17, 15) is 4.79 Å². The van der Waals surface area contributed by atoms with Crippen molar-refractivity contribution in [2.75, 3.05) is 26.2 Å². The van der Waals surface area contributed by atoms with Gasteiger partial charge >= 0.3 is 0 Å². The highest BCUT2D eigenvalue weighted by molar-refractivity contribution is 7.80. The number of nitrogens with zero attached hydrogens (tertiary/aromatic N) is 2. The van der Waals surface area contributed by atoms with Gasteiger partial charge in [-0.05, 0) is 54.2 Å². The number of methoxy groups -OCH3 is 2. The average molecular weight is 543 g/mol. The van der Waals surface area contributed by atoms with Gasteiger partial charge in [0.2, 0.25) is 6.17 Å². The van der Waals surface area contributed by atoms with Crippen LogP contribution in [0.2, 0.25) is 10.0 Å². The Bertz CT molecular complexity index is 1330. The van der Waals surface area contributed by atoms with Gasteiger partial charge in [0.25, 0.3) is 5.91 Å². The van der Waals surface area contributed by atoms with Crippen molar-refractivity contribution < 1.29 is 14.3 Å². The van der Waals surface area contributed by atoms with Gasteiger partial charge in [-0.15, -0.1) is 0 Å². The predicted molar refractivity (Wildman–Crippen MR) is 148 cm³/mol. The lowest BCUT2D eigenvalue weighted by molar-refractivity contribution is -0.119. The van der Waals surface area contributed by atoms with Gasteiger partial charge in [0, 0.05) is 40.8 Å². The van der Waals surface area contributed by atoms with E-state index in [2.05, 4.69) is 10.6 Å². The first kappa shape index (κ1) is 25.8. The van der Waals surface area contributed by atoms with E-state index in [-0.39, 0.29) is 11.0 Å². The molecule has 1 atom stereocenters. The quantitative estimate of drug-likeness (QED) is 0.435. The Morgan fingerprint density at radius 1 is 1.03 bits per heavy atom. The van der Waals surface area contributed by atoms with Crippen LogP contribution in [0, 0.1) is 0 Å². The minimum Gasteiger partial charge on any atom is -0.497 e. The van der Waals surface area contributed by atoms with E-state index in [4.69, 9.17) is 49.9 Å². The molecule has 0 fully saturated rings. The van der Waals surface area contributed by atoms with E-state index in [1.165, 1.54) is 4.90 Å². The number of amides is 1. The minimum atomic E-state index is -0.993. The molecule has 0 aliphatic carbocycles. The van der Waals surface area contributed by atoms with E-state index in [0.717, 1.165) is 5.56 Å². The average Bonchev–Trinajstić information content (AvgIpc) is 2.98. The second-order valence-electron chi connectivity index (χ2n) is 7.97. The molecule has 7 nitrogen and oxygen atoms in total. The number of halogens is 2. The van der Waals surface area contributed by atoms with Crippen molar-refractivity contribution in [3.8, 4) is 11.5 Å². The van der Waals surface area contributed by atoms with Gasteiger partial charge in [-0.25, -0.2) is 4.99 Å². The molecule has 1 heterocycles. The molecule has 186 valence electrons. The predicted octanol–water partition coefficient (Wildman–Crippen LogP) is 4.81. The van der Waals surface area contributed by atoms with E-state index in [0.29, 0.717) is 50.6 Å². The van der Waals surface area contributed by atoms with Crippen molar-refractivity contribution in [2.24, 2.45) is 4.99 Å². The summed E-state index contributed by atoms with van der Waals surface area (Å²) in [5, 5.41) is 7.45. The standard InChI is InChI=1S/C26H24Cl2N4O3S/c1-32-22-9-8-16(27)12-20(22)23(19-6-4-5-7-21(19)28)30-24(25(32)33)31-26(36)29-14-15-10-17(34-2)13-18(11-15)35-3/h4-13,24H,14H2,1-3H3,(H2,29,31,36). The molecule has 2 N–H and O–H groups in total. The highest BCUT2D eigenvalue weighted by Crippen LogP contribution is 2.32. The lowest BCUT2D eigenvalue weighted by Crippen LogP contribution is -2.49. The molecule has 36 heavy (non-hydrogen) atoms. The minimum absolute atomic E-state index is 0.259. The number of carbonyl (C=O) groups is 1. The molecule has 3 aromatic carbocycles. The third-order valence-corrected chi connectivity index (χ3v) is 6.49. The van der Waals surface area contributed by atoms with E-state index >= 15 is 0 Å². The second kappa shape index (κ2) is 11.2. The zero-order valence-corrected chi connectivity index (χ0v) is 22.2. The summed E-state index contributed by atoms with van der Waals surface area (Å²) >= 11 is 18.3. The number of benzene rings is 3. The van der Waals surface area contributed by atoms with E-state index in [1.54, 1.807) is 51.6 Å². The highest BCUT2D eigenvalue weighted by Gasteiger charge is 2.31. The molecule has 0 bridgehead atoms. The molecule has 10 heteroatoms. The number of thiocarbonyl (C=S) groups is 1. The van der Waals surface area contributed by atoms with Gasteiger partial charge in [-0.2, -0.15) is 0 Å². The summed E-state index contributed by atoms with van der Waals surface area (Å²) in [7, 11) is 4.87. The van der Waals surface area contributed by atoms with Crippen LogP contribution in [0.15, 0.2) is 65.7 Å². The van der Waals surface area contributed by atoms with Gasteiger partial charge in [0.15, 0.2) is 5.11 Å². The van der Waals surface area contributed by atoms with Crippen LogP contribution >= 0.6 is 35.4 Å². The number of aliphatic imine (C=N–C) groups is 1. The number of ether oxygens (including phenoxy) is 2. The SMILES string of the molecule is COc1cc(CNC(=S)NC2N=C(c3ccccc3Cl)c3cc(Cl)ccc3N(C)C2=O)cc(OC)c1. The number of benzodiazepines with no additional fused rings is 1. The Hall–Kier alpha value is -3.33. The maximum absolute atomic E-state index is 13.4. The van der Waals surface area contributed by atoms with Crippen LogP contribution in [0.3, 0.4) is 0 Å². The van der Waals surface area contributed by atoms with Crippen molar-refractivity contribution in [3.63, 3.8) is 0 Å². The molecule has 1 unspecified atom stereocenters. The lowest BCUT2D eigenvalue weighted by Gasteiger charge is -2.22. The molecule has 4 rings (SSSR count). The number of hydrogen-bond acceptors (Lipinski definition) is 5. The maximum Gasteiger partial charge on any atom is 0.272 e. The van der Waals surface area contributed by atoms with Crippen molar-refractivity contribution in [3.05, 3.63) is 87.4 Å². The monoisotopic (exact) mass is 542 g/mol. The van der Waals surface area contributed by atoms with Gasteiger partial charge in [-0.1, -0.05) is 41.4 Å². The third-order valence-electron chi connectivity index (χ3n) is 5.66. The summed E-state index contributed by atoms with van der Waals surface area (Å²) in [6.07, 6.45) is -0.993. The molecular weight excluding hydrogens is 519 g/mol. The first-order valence-electron chi connectivity index (χ1n) is 11.0. The van der Waals surface area contributed by atoms with Crippen molar-refractivity contribution in [2.45, 2.75) is 12.7 Å². The number of fused-ring (bicyclic) bond motifs is 1. The number of likely N-dealkylation sites (N-methyl/N-ethyl adjacent to an activating group) is 1. The Morgan fingerprint density at radius 2 is 1.72 bits per heavy atom. The lowest BCUT2D eigenvalue weighted by atomic mass is 10.00. The molecule has 1 aliphatic rings. The van der Waals surface area contributed by atoms with Crippen molar-refractivity contribution in [1.82, 2.24) is 10.6 Å². The van der Waals surface area contributed by atoms with Gasteiger partial charge in [0.1, 0.15) is 11.5 Å². The second-order valence-corrected chi connectivity index (χ2v) is 9.22. The molecule has 3 aromatic rings. The fourth-order valence-electron chi connectivity index (χ4n) is 3.83. The number of anilines is 1. The summed E-state index contributed by atoms with van der Waals surface area (Å²) in [6.45, 7) is 0.382. The topological polar surface area (TPSA) is 75.2 Å². The number of rotatable bonds is 6. The van der Waals surface area contributed by atoms with Crippen LogP contribution < -0.4 is 25.0 Å². The molecule has 0 saturated carbocycles. The Morgan fingerprint density at radius 3 is 2.39 bits per heavy atom. The highest BCUT2D eigenvalue weighted by atomic mass is 35.5. The van der Waals surface area contributed by atoms with Crippen LogP contribution in [0.5, 0.6) is 11.5 Å². The molecule has 1 aliphatic heterocycles. The van der Waals surface area contributed by atoms with Crippen molar-refractivity contribution >= 4 is 57.8 Å². The summed E-state index contributed by atoms with van der Waals surface area (Å²) < 4.78 is 10.6. The van der Waals surface area contributed by atoms with Crippen LogP contribution in [0.1, 0.15) is 16.7 Å². The Balaban J connectivity index is 1.63. The molecule has 0 spiro atoms. The largest absolute Gasteiger partial charge is 0.497 e. The molecule has 0 radical (unpaired) electrons. The van der Waals surface area contributed by atoms with Crippen LogP contribution in [0.4, 0.5) is 5.69 Å². The van der Waals surface area contributed by atoms with Gasteiger partial charge < -0.3 is 25.0 Å². The van der Waals surface area contributed by atoms with Crippen LogP contribution in [0.25, 0.3) is 0 Å². The maximum atomic E-state index is 13.4. The molecule has 0 aromatic heterocycles. The van der Waals surface area contributed by atoms with E-state index < -0.39 is 6.17 Å². The first-order valence-corrected chi connectivity index (χ1v) is 12.1. The summed E-state index contributed by atoms with van der Waals surface area (Å²) in [4.78, 5) is 19.7. The summed E-state index contributed by atoms with van der Waals surface area (Å²) in [5.41, 5.74) is 3.46. The zero-order chi connectivity index (χ0) is 25.8. The third kappa shape index (κ3) is 5.56. The molecule has 0 saturated heterocycles. The van der Waals surface area contributed by atoms with Crippen molar-refractivity contribution in [1.29, 1.82) is 0 Å². The van der Waals surface area contributed by atoms with Gasteiger partial charge in [0.05, 0.1) is 25.6 Å². The zero-order valence-electron chi connectivity index (χ0n) is 19.8. The van der Waals surface area contributed by atoms with Crippen LogP contribution in [-0.2, 0) is 11.3 Å². The Kier molecular flexibility index (Phi) is 7.98. The number of carbonyl (C=O) groups excluding carboxylic acids is 1.